The molecule has 0 aliphatic rings. The van der Waals surface area contributed by atoms with Gasteiger partial charge in [-0.25, -0.2) is 4.98 Å². The molecule has 0 bridgehead atoms. The lowest BCUT2D eigenvalue weighted by atomic mass is 9.76. The normalized spacial score (nSPS) is 13.8. The minimum atomic E-state index is 0.268. The van der Waals surface area contributed by atoms with Gasteiger partial charge in [-0.05, 0) is 44.6 Å². The molecule has 2 aromatic heterocycles. The van der Waals surface area contributed by atoms with Crippen LogP contribution >= 0.6 is 0 Å². The minimum Gasteiger partial charge on any atom is -0.330 e. The van der Waals surface area contributed by atoms with E-state index in [4.69, 9.17) is 5.73 Å². The zero-order valence-electron chi connectivity index (χ0n) is 13.8. The zero-order chi connectivity index (χ0) is 15.6. The fraction of sp³-hybridized carbons (Fsp3) is 0.688. The molecule has 0 fully saturated rings. The van der Waals surface area contributed by atoms with E-state index in [2.05, 4.69) is 40.4 Å². The summed E-state index contributed by atoms with van der Waals surface area (Å²) in [6.45, 7) is 11.6. The molecule has 0 spiro atoms. The predicted octanol–water partition coefficient (Wildman–Crippen LogP) is 2.68. The van der Waals surface area contributed by atoms with Gasteiger partial charge < -0.3 is 5.73 Å². The summed E-state index contributed by atoms with van der Waals surface area (Å²) in [5.41, 5.74) is 7.90. The third kappa shape index (κ3) is 3.59. The summed E-state index contributed by atoms with van der Waals surface area (Å²) in [7, 11) is 0. The lowest BCUT2D eigenvalue weighted by molar-refractivity contribution is 0.214. The molecule has 0 saturated carbocycles. The quantitative estimate of drug-likeness (QED) is 0.918. The minimum absolute atomic E-state index is 0.268. The molecule has 2 rings (SSSR count). The molecule has 2 aromatic rings. The van der Waals surface area contributed by atoms with E-state index < -0.39 is 0 Å². The molecule has 116 valence electrons. The second-order valence-electron chi connectivity index (χ2n) is 6.93. The van der Waals surface area contributed by atoms with Gasteiger partial charge in [-0.1, -0.05) is 20.8 Å². The van der Waals surface area contributed by atoms with Crippen molar-refractivity contribution in [2.24, 2.45) is 17.1 Å². The van der Waals surface area contributed by atoms with Crippen LogP contribution in [0.3, 0.4) is 0 Å². The molecule has 0 saturated heterocycles. The van der Waals surface area contributed by atoms with E-state index in [-0.39, 0.29) is 5.41 Å². The van der Waals surface area contributed by atoms with Crippen LogP contribution in [0.25, 0.3) is 5.65 Å². The highest BCUT2D eigenvalue weighted by atomic mass is 15.3. The first-order valence-electron chi connectivity index (χ1n) is 7.71. The van der Waals surface area contributed by atoms with Crippen LogP contribution in [0.5, 0.6) is 0 Å². The van der Waals surface area contributed by atoms with Crippen LogP contribution in [0.1, 0.15) is 51.0 Å². The summed E-state index contributed by atoms with van der Waals surface area (Å²) < 4.78 is 2.06. The van der Waals surface area contributed by atoms with Gasteiger partial charge >= 0.3 is 0 Å². The van der Waals surface area contributed by atoms with Gasteiger partial charge in [0.1, 0.15) is 11.6 Å². The Hall–Kier alpha value is -1.49. The monoisotopic (exact) mass is 289 g/mol. The Morgan fingerprint density at radius 3 is 2.52 bits per heavy atom. The number of aryl methyl sites for hydroxylation is 3. The summed E-state index contributed by atoms with van der Waals surface area (Å²) in [5, 5.41) is 8.63. The summed E-state index contributed by atoms with van der Waals surface area (Å²) in [5.74, 6) is 2.55. The molecule has 1 atom stereocenters. The van der Waals surface area contributed by atoms with Crippen molar-refractivity contribution in [1.29, 1.82) is 0 Å². The highest BCUT2D eigenvalue weighted by Gasteiger charge is 2.24. The van der Waals surface area contributed by atoms with Crippen molar-refractivity contribution in [1.82, 2.24) is 19.6 Å². The van der Waals surface area contributed by atoms with Gasteiger partial charge in [0, 0.05) is 18.2 Å². The fourth-order valence-electron chi connectivity index (χ4n) is 2.98. The maximum atomic E-state index is 5.76. The third-order valence-electron chi connectivity index (χ3n) is 4.21. The smallest absolute Gasteiger partial charge is 0.164 e. The number of hydrogen-bond donors (Lipinski definition) is 1. The number of aromatic nitrogens is 4. The molecular formula is C16H27N5. The molecular weight excluding hydrogens is 262 g/mol. The van der Waals surface area contributed by atoms with E-state index in [9.17, 15) is 0 Å². The third-order valence-corrected chi connectivity index (χ3v) is 4.21. The molecule has 0 aliphatic carbocycles. The van der Waals surface area contributed by atoms with Crippen molar-refractivity contribution >= 4 is 5.65 Å². The topological polar surface area (TPSA) is 69.1 Å². The van der Waals surface area contributed by atoms with E-state index in [0.29, 0.717) is 5.92 Å². The van der Waals surface area contributed by atoms with Crippen LogP contribution in [-0.2, 0) is 6.42 Å². The fourth-order valence-corrected chi connectivity index (χ4v) is 2.98. The second-order valence-corrected chi connectivity index (χ2v) is 6.93. The van der Waals surface area contributed by atoms with Crippen molar-refractivity contribution in [2.45, 2.75) is 53.9 Å². The summed E-state index contributed by atoms with van der Waals surface area (Å²) >= 11 is 0. The standard InChI is InChI=1S/C16H27N5/c1-11-10-15-20-19-14(21(15)12(2)18-11)7-6-13(8-9-17)16(3,4)5/h10,13H,6-9,17H2,1-5H3. The Bertz CT molecular complexity index is 609. The average molecular weight is 289 g/mol. The Morgan fingerprint density at radius 1 is 1.19 bits per heavy atom. The summed E-state index contributed by atoms with van der Waals surface area (Å²) in [6, 6.07) is 1.98. The zero-order valence-corrected chi connectivity index (χ0v) is 13.8. The Balaban J connectivity index is 2.20. The maximum absolute atomic E-state index is 5.76. The van der Waals surface area contributed by atoms with E-state index in [1.165, 1.54) is 0 Å². The number of nitrogens with two attached hydrogens (primary N) is 1. The van der Waals surface area contributed by atoms with Crippen LogP contribution in [0.15, 0.2) is 6.07 Å². The van der Waals surface area contributed by atoms with Crippen molar-refractivity contribution in [2.75, 3.05) is 6.54 Å². The molecule has 1 unspecified atom stereocenters. The van der Waals surface area contributed by atoms with E-state index in [1.54, 1.807) is 0 Å². The Morgan fingerprint density at radius 2 is 1.90 bits per heavy atom. The molecule has 5 nitrogen and oxygen atoms in total. The molecule has 0 aliphatic heterocycles. The van der Waals surface area contributed by atoms with Crippen LogP contribution in [0.4, 0.5) is 0 Å². The summed E-state index contributed by atoms with van der Waals surface area (Å²) in [4.78, 5) is 4.51. The number of nitrogens with zero attached hydrogens (tertiary/aromatic N) is 4. The van der Waals surface area contributed by atoms with Gasteiger partial charge in [-0.2, -0.15) is 0 Å². The van der Waals surface area contributed by atoms with Gasteiger partial charge in [-0.3, -0.25) is 4.40 Å². The Labute approximate surface area is 127 Å². The van der Waals surface area contributed by atoms with Gasteiger partial charge in [0.05, 0.1) is 0 Å². The molecule has 2 heterocycles. The molecule has 21 heavy (non-hydrogen) atoms. The summed E-state index contributed by atoms with van der Waals surface area (Å²) in [6.07, 6.45) is 3.04. The van der Waals surface area contributed by atoms with Crippen molar-refractivity contribution in [3.8, 4) is 0 Å². The lowest BCUT2D eigenvalue weighted by Crippen LogP contribution is -2.24. The van der Waals surface area contributed by atoms with Crippen molar-refractivity contribution < 1.29 is 0 Å². The molecule has 0 radical (unpaired) electrons. The van der Waals surface area contributed by atoms with E-state index >= 15 is 0 Å². The van der Waals surface area contributed by atoms with Gasteiger partial charge in [0.15, 0.2) is 5.65 Å². The largest absolute Gasteiger partial charge is 0.330 e. The van der Waals surface area contributed by atoms with Crippen LogP contribution in [0, 0.1) is 25.2 Å². The number of fused-ring (bicyclic) bond motifs is 1. The van der Waals surface area contributed by atoms with Crippen molar-refractivity contribution in [3.63, 3.8) is 0 Å². The average Bonchev–Trinajstić information content (AvgIpc) is 2.76. The highest BCUT2D eigenvalue weighted by molar-refractivity contribution is 5.39. The SMILES string of the molecule is Cc1cc2nnc(CCC(CCN)C(C)(C)C)n2c(C)n1. The molecule has 0 amide bonds. The van der Waals surface area contributed by atoms with Gasteiger partial charge in [-0.15, -0.1) is 10.2 Å². The maximum Gasteiger partial charge on any atom is 0.164 e. The first-order valence-corrected chi connectivity index (χ1v) is 7.71. The first-order chi connectivity index (χ1) is 9.82. The van der Waals surface area contributed by atoms with Crippen LogP contribution in [0.2, 0.25) is 0 Å². The van der Waals surface area contributed by atoms with E-state index in [0.717, 1.165) is 48.8 Å². The predicted molar refractivity (Wildman–Crippen MR) is 85.2 cm³/mol. The molecule has 0 aromatic carbocycles. The van der Waals surface area contributed by atoms with E-state index in [1.807, 2.05) is 19.9 Å². The molecule has 2 N–H and O–H groups in total. The first kappa shape index (κ1) is 15.9. The van der Waals surface area contributed by atoms with Gasteiger partial charge in [0.25, 0.3) is 0 Å². The highest BCUT2D eigenvalue weighted by Crippen LogP contribution is 2.32. The van der Waals surface area contributed by atoms with Crippen LogP contribution < -0.4 is 5.73 Å². The number of rotatable bonds is 5. The van der Waals surface area contributed by atoms with Gasteiger partial charge in [0.2, 0.25) is 0 Å². The number of hydrogen-bond acceptors (Lipinski definition) is 4. The second kappa shape index (κ2) is 6.10. The molecule has 5 heteroatoms. The Kier molecular flexibility index (Phi) is 4.61. The van der Waals surface area contributed by atoms with Crippen molar-refractivity contribution in [3.05, 3.63) is 23.4 Å². The van der Waals surface area contributed by atoms with Crippen LogP contribution in [-0.4, -0.2) is 26.1 Å². The lowest BCUT2D eigenvalue weighted by Gasteiger charge is -2.30.